The normalized spacial score (nSPS) is 11.9. The second-order valence-corrected chi connectivity index (χ2v) is 6.42. The molecule has 0 aliphatic rings. The number of ketones is 1. The predicted octanol–water partition coefficient (Wildman–Crippen LogP) is 4.54. The first-order valence-corrected chi connectivity index (χ1v) is 8.67. The second kappa shape index (κ2) is 7.90. The van der Waals surface area contributed by atoms with Gasteiger partial charge in [-0.1, -0.05) is 11.6 Å². The number of rotatable bonds is 5. The maximum atomic E-state index is 13.1. The van der Waals surface area contributed by atoms with Gasteiger partial charge in [0.05, 0.1) is 11.4 Å². The van der Waals surface area contributed by atoms with E-state index in [1.54, 1.807) is 6.92 Å². The van der Waals surface area contributed by atoms with Crippen LogP contribution >= 0.6 is 11.6 Å². The smallest absolute Gasteiger partial charge is 0.343 e. The zero-order valence-electron chi connectivity index (χ0n) is 14.9. The summed E-state index contributed by atoms with van der Waals surface area (Å²) in [5, 5.41) is 4.17. The molecule has 0 saturated heterocycles. The van der Waals surface area contributed by atoms with Gasteiger partial charge in [-0.05, 0) is 62.4 Å². The predicted molar refractivity (Wildman–Crippen MR) is 98.9 cm³/mol. The number of hydrogen-bond donors (Lipinski definition) is 0. The highest BCUT2D eigenvalue weighted by atomic mass is 35.5. The van der Waals surface area contributed by atoms with E-state index in [1.165, 1.54) is 48.0 Å². The average molecular weight is 405 g/mol. The van der Waals surface area contributed by atoms with E-state index in [-0.39, 0.29) is 16.3 Å². The summed E-state index contributed by atoms with van der Waals surface area (Å²) in [6.45, 7) is 2.98. The second-order valence-electron chi connectivity index (χ2n) is 6.06. The molecule has 0 aliphatic carbocycles. The average Bonchev–Trinajstić information content (AvgIpc) is 2.96. The largest absolute Gasteiger partial charge is 0.451 e. The lowest BCUT2D eigenvalue weighted by Crippen LogP contribution is -2.24. The zero-order chi connectivity index (χ0) is 20.4. The lowest BCUT2D eigenvalue weighted by atomic mass is 10.1. The molecule has 0 amide bonds. The van der Waals surface area contributed by atoms with Crippen molar-refractivity contribution >= 4 is 23.4 Å². The summed E-state index contributed by atoms with van der Waals surface area (Å²) in [7, 11) is 0. The molecular formula is C20H15ClF2N2O3. The first-order chi connectivity index (χ1) is 13.3. The molecule has 1 unspecified atom stereocenters. The van der Waals surface area contributed by atoms with Crippen molar-refractivity contribution in [2.75, 3.05) is 0 Å². The van der Waals surface area contributed by atoms with E-state index < -0.39 is 29.5 Å². The zero-order valence-corrected chi connectivity index (χ0v) is 15.7. The fourth-order valence-corrected chi connectivity index (χ4v) is 2.96. The van der Waals surface area contributed by atoms with Crippen molar-refractivity contribution in [1.29, 1.82) is 0 Å². The minimum Gasteiger partial charge on any atom is -0.451 e. The lowest BCUT2D eigenvalue weighted by molar-refractivity contribution is 0.0318. The van der Waals surface area contributed by atoms with E-state index in [0.29, 0.717) is 11.4 Å². The number of halogens is 3. The van der Waals surface area contributed by atoms with Crippen LogP contribution in [-0.2, 0) is 4.74 Å². The monoisotopic (exact) mass is 404 g/mol. The third kappa shape index (κ3) is 3.94. The summed E-state index contributed by atoms with van der Waals surface area (Å²) in [5.74, 6) is -2.19. The van der Waals surface area contributed by atoms with Crippen LogP contribution in [0.25, 0.3) is 5.69 Å². The number of carbonyl (C=O) groups excluding carboxylic acids is 2. The van der Waals surface area contributed by atoms with Crippen molar-refractivity contribution in [2.24, 2.45) is 0 Å². The van der Waals surface area contributed by atoms with Crippen LogP contribution in [0.2, 0.25) is 5.15 Å². The first-order valence-electron chi connectivity index (χ1n) is 8.29. The number of aromatic nitrogens is 2. The highest BCUT2D eigenvalue weighted by molar-refractivity contribution is 6.33. The molecule has 144 valence electrons. The highest BCUT2D eigenvalue weighted by Gasteiger charge is 2.26. The van der Waals surface area contributed by atoms with Crippen LogP contribution in [0.5, 0.6) is 0 Å². The van der Waals surface area contributed by atoms with Crippen LogP contribution < -0.4 is 0 Å². The molecule has 1 heterocycles. The Bertz CT molecular complexity index is 1030. The van der Waals surface area contributed by atoms with E-state index >= 15 is 0 Å². The van der Waals surface area contributed by atoms with Crippen LogP contribution in [-0.4, -0.2) is 27.6 Å². The quantitative estimate of drug-likeness (QED) is 0.462. The Morgan fingerprint density at radius 2 is 1.57 bits per heavy atom. The summed E-state index contributed by atoms with van der Waals surface area (Å²) in [4.78, 5) is 24.9. The standard InChI is InChI=1S/C20H15ClF2N2O3/c1-11-17(19(21)25(24-11)16-9-7-15(23)8-10-16)20(27)28-12(2)18(26)13-3-5-14(22)6-4-13/h3-10,12H,1-2H3. The van der Waals surface area contributed by atoms with Crippen LogP contribution in [0.15, 0.2) is 48.5 Å². The molecule has 1 atom stereocenters. The molecule has 3 rings (SSSR count). The van der Waals surface area contributed by atoms with Gasteiger partial charge in [-0.3, -0.25) is 4.79 Å². The summed E-state index contributed by atoms with van der Waals surface area (Å²) in [6, 6.07) is 10.3. The molecule has 0 aliphatic heterocycles. The molecule has 8 heteroatoms. The van der Waals surface area contributed by atoms with Gasteiger partial charge in [-0.2, -0.15) is 5.10 Å². The number of ether oxygens (including phenoxy) is 1. The fourth-order valence-electron chi connectivity index (χ4n) is 2.61. The summed E-state index contributed by atoms with van der Waals surface area (Å²) >= 11 is 6.28. The van der Waals surface area contributed by atoms with Crippen molar-refractivity contribution in [2.45, 2.75) is 20.0 Å². The Hall–Kier alpha value is -3.06. The van der Waals surface area contributed by atoms with Crippen LogP contribution in [0.3, 0.4) is 0 Å². The number of nitrogens with zero attached hydrogens (tertiary/aromatic N) is 2. The van der Waals surface area contributed by atoms with Gasteiger partial charge in [0.15, 0.2) is 6.10 Å². The number of aryl methyl sites for hydroxylation is 1. The molecule has 1 aromatic heterocycles. The number of hydrogen-bond acceptors (Lipinski definition) is 4. The van der Waals surface area contributed by atoms with Crippen LogP contribution in [0, 0.1) is 18.6 Å². The van der Waals surface area contributed by atoms with E-state index in [4.69, 9.17) is 16.3 Å². The molecule has 0 spiro atoms. The van der Waals surface area contributed by atoms with Crippen molar-refractivity contribution in [3.63, 3.8) is 0 Å². The summed E-state index contributed by atoms with van der Waals surface area (Å²) < 4.78 is 32.6. The number of esters is 1. The van der Waals surface area contributed by atoms with Crippen LogP contribution in [0.1, 0.15) is 33.3 Å². The SMILES string of the molecule is Cc1nn(-c2ccc(F)cc2)c(Cl)c1C(=O)OC(C)C(=O)c1ccc(F)cc1. The maximum absolute atomic E-state index is 13.1. The number of benzene rings is 2. The number of Topliss-reactive ketones (excluding diaryl/α,β-unsaturated/α-hetero) is 1. The van der Waals surface area contributed by atoms with Crippen molar-refractivity contribution in [3.05, 3.63) is 82.1 Å². The molecule has 28 heavy (non-hydrogen) atoms. The first kappa shape index (κ1) is 19.7. The van der Waals surface area contributed by atoms with E-state index in [0.717, 1.165) is 12.1 Å². The molecule has 0 radical (unpaired) electrons. The van der Waals surface area contributed by atoms with Crippen molar-refractivity contribution in [1.82, 2.24) is 9.78 Å². The van der Waals surface area contributed by atoms with E-state index in [9.17, 15) is 18.4 Å². The third-order valence-electron chi connectivity index (χ3n) is 4.06. The molecular weight excluding hydrogens is 390 g/mol. The van der Waals surface area contributed by atoms with Crippen LogP contribution in [0.4, 0.5) is 8.78 Å². The maximum Gasteiger partial charge on any atom is 0.343 e. The Morgan fingerprint density at radius 3 is 2.14 bits per heavy atom. The molecule has 0 fully saturated rings. The van der Waals surface area contributed by atoms with Crippen molar-refractivity contribution in [3.8, 4) is 5.69 Å². The van der Waals surface area contributed by atoms with Gasteiger partial charge in [0.25, 0.3) is 0 Å². The molecule has 0 N–H and O–H groups in total. The molecule has 3 aromatic rings. The van der Waals surface area contributed by atoms with Gasteiger partial charge in [-0.15, -0.1) is 0 Å². The van der Waals surface area contributed by atoms with Gasteiger partial charge >= 0.3 is 5.97 Å². The van der Waals surface area contributed by atoms with Gasteiger partial charge in [0.1, 0.15) is 22.4 Å². The Morgan fingerprint density at radius 1 is 1.04 bits per heavy atom. The highest BCUT2D eigenvalue weighted by Crippen LogP contribution is 2.25. The number of carbonyl (C=O) groups is 2. The van der Waals surface area contributed by atoms with E-state index in [1.807, 2.05) is 0 Å². The fraction of sp³-hybridized carbons (Fsp3) is 0.150. The third-order valence-corrected chi connectivity index (χ3v) is 4.41. The van der Waals surface area contributed by atoms with Gasteiger partial charge in [0.2, 0.25) is 5.78 Å². The minimum atomic E-state index is -1.11. The molecule has 0 bridgehead atoms. The van der Waals surface area contributed by atoms with Gasteiger partial charge in [-0.25, -0.2) is 18.3 Å². The van der Waals surface area contributed by atoms with Crippen molar-refractivity contribution < 1.29 is 23.1 Å². The Balaban J connectivity index is 1.81. The molecule has 2 aromatic carbocycles. The minimum absolute atomic E-state index is 0.00440. The van der Waals surface area contributed by atoms with Gasteiger partial charge < -0.3 is 4.74 Å². The molecule has 0 saturated carbocycles. The Labute approximate surface area is 164 Å². The topological polar surface area (TPSA) is 61.2 Å². The summed E-state index contributed by atoms with van der Waals surface area (Å²) in [5.41, 5.74) is 0.973. The van der Waals surface area contributed by atoms with E-state index in [2.05, 4.69) is 5.10 Å². The molecule has 5 nitrogen and oxygen atoms in total. The van der Waals surface area contributed by atoms with Gasteiger partial charge in [0, 0.05) is 5.56 Å². The summed E-state index contributed by atoms with van der Waals surface area (Å²) in [6.07, 6.45) is -1.11. The Kier molecular flexibility index (Phi) is 5.56. The lowest BCUT2D eigenvalue weighted by Gasteiger charge is -2.12.